The van der Waals surface area contributed by atoms with E-state index in [1.807, 2.05) is 12.2 Å². The molecular formula is C13H26BF4N. The average Bonchev–Trinajstić information content (AvgIpc) is 2.23. The Morgan fingerprint density at radius 2 is 1.37 bits per heavy atom. The van der Waals surface area contributed by atoms with Gasteiger partial charge in [0.25, 0.3) is 0 Å². The lowest BCUT2D eigenvalue weighted by Crippen LogP contribution is -2.44. The second kappa shape index (κ2) is 11.1. The third-order valence-electron chi connectivity index (χ3n) is 2.69. The van der Waals surface area contributed by atoms with E-state index in [1.54, 1.807) is 0 Å². The first-order valence-corrected chi connectivity index (χ1v) is 6.61. The van der Waals surface area contributed by atoms with Crippen LogP contribution < -0.4 is 0 Å². The van der Waals surface area contributed by atoms with Crippen LogP contribution in [0.1, 0.15) is 32.6 Å². The zero-order valence-electron chi connectivity index (χ0n) is 12.1. The van der Waals surface area contributed by atoms with E-state index in [9.17, 15) is 17.3 Å². The van der Waals surface area contributed by atoms with Crippen LogP contribution in [0.4, 0.5) is 17.3 Å². The van der Waals surface area contributed by atoms with Crippen molar-refractivity contribution >= 4 is 7.25 Å². The molecule has 0 rings (SSSR count). The molecule has 0 spiro atoms. The summed E-state index contributed by atoms with van der Waals surface area (Å²) in [7, 11) is -3.71. The van der Waals surface area contributed by atoms with Gasteiger partial charge >= 0.3 is 7.25 Å². The molecule has 0 aliphatic carbocycles. The van der Waals surface area contributed by atoms with E-state index in [2.05, 4.69) is 27.1 Å². The maximum atomic E-state index is 9.75. The van der Waals surface area contributed by atoms with Gasteiger partial charge in [-0.05, 0) is 25.0 Å². The zero-order chi connectivity index (χ0) is 15.4. The highest BCUT2D eigenvalue weighted by molar-refractivity contribution is 6.50. The molecule has 114 valence electrons. The number of unbranched alkanes of at least 4 members (excludes halogenated alkanes) is 3. The van der Waals surface area contributed by atoms with Crippen LogP contribution in [-0.4, -0.2) is 38.4 Å². The molecule has 19 heavy (non-hydrogen) atoms. The molecular weight excluding hydrogens is 257 g/mol. The lowest BCUT2D eigenvalue weighted by molar-refractivity contribution is -0.898. The van der Waals surface area contributed by atoms with Crippen molar-refractivity contribution in [2.75, 3.05) is 26.7 Å². The Labute approximate surface area is 114 Å². The van der Waals surface area contributed by atoms with Gasteiger partial charge in [0.2, 0.25) is 0 Å². The minimum absolute atomic E-state index is 1.05. The predicted molar refractivity (Wildman–Crippen MR) is 75.5 cm³/mol. The van der Waals surface area contributed by atoms with Crippen LogP contribution in [0.2, 0.25) is 0 Å². The van der Waals surface area contributed by atoms with Gasteiger partial charge in [-0.1, -0.05) is 32.9 Å². The van der Waals surface area contributed by atoms with Crippen molar-refractivity contribution in [2.24, 2.45) is 0 Å². The normalized spacial score (nSPS) is 11.5. The first kappa shape index (κ1) is 20.5. The van der Waals surface area contributed by atoms with E-state index in [-0.39, 0.29) is 0 Å². The van der Waals surface area contributed by atoms with Crippen molar-refractivity contribution in [1.82, 2.24) is 0 Å². The quantitative estimate of drug-likeness (QED) is 0.189. The molecule has 0 radical (unpaired) electrons. The summed E-state index contributed by atoms with van der Waals surface area (Å²) < 4.78 is 40.1. The molecule has 0 unspecified atom stereocenters. The van der Waals surface area contributed by atoms with E-state index in [0.29, 0.717) is 0 Å². The van der Waals surface area contributed by atoms with Gasteiger partial charge in [0.15, 0.2) is 0 Å². The Kier molecular flexibility index (Phi) is 12.0. The second-order valence-electron chi connectivity index (χ2n) is 4.84. The molecule has 6 heteroatoms. The summed E-state index contributed by atoms with van der Waals surface area (Å²) in [4.78, 5) is 0. The Hall–Kier alpha value is -0.775. The lowest BCUT2D eigenvalue weighted by Gasteiger charge is -2.32. The number of hydrogen-bond donors (Lipinski definition) is 0. The molecule has 0 aliphatic heterocycles. The van der Waals surface area contributed by atoms with Gasteiger partial charge < -0.3 is 21.7 Å². The largest absolute Gasteiger partial charge is 0.673 e. The van der Waals surface area contributed by atoms with E-state index in [4.69, 9.17) is 0 Å². The molecule has 0 saturated heterocycles. The van der Waals surface area contributed by atoms with Crippen LogP contribution in [0.5, 0.6) is 0 Å². The third kappa shape index (κ3) is 19.7. The monoisotopic (exact) mass is 283 g/mol. The maximum Gasteiger partial charge on any atom is 0.673 e. The van der Waals surface area contributed by atoms with Crippen molar-refractivity contribution in [3.63, 3.8) is 0 Å². The van der Waals surface area contributed by atoms with E-state index in [1.165, 1.54) is 32.2 Å². The average molecular weight is 283 g/mol. The van der Waals surface area contributed by atoms with Gasteiger partial charge in [-0.2, -0.15) is 0 Å². The molecule has 0 atom stereocenters. The summed E-state index contributed by atoms with van der Waals surface area (Å²) >= 11 is 0. The first-order valence-electron chi connectivity index (χ1n) is 6.61. The molecule has 0 saturated carbocycles. The molecule has 0 fully saturated rings. The standard InChI is InChI=1S/C13H26N.BF4/c1-5-8-9-10-13-14(4,11-6-2)12-7-3;2-1(3,4)5/h6-7H,2-3,5,8-13H2,1,4H3;/q+1;-1. The van der Waals surface area contributed by atoms with Gasteiger partial charge in [0.05, 0.1) is 26.7 Å². The number of halogens is 4. The Morgan fingerprint density at radius 1 is 0.947 bits per heavy atom. The SMILES string of the molecule is C=CC[N+](C)(CC=C)CCCCCC.F[B-](F)(F)F. The number of nitrogens with zero attached hydrogens (tertiary/aromatic N) is 1. The molecule has 1 nitrogen and oxygen atoms in total. The van der Waals surface area contributed by atoms with Gasteiger partial charge in [0, 0.05) is 0 Å². The number of likely N-dealkylation sites (N-methyl/N-ethyl adjacent to an activating group) is 1. The van der Waals surface area contributed by atoms with E-state index in [0.717, 1.165) is 17.6 Å². The molecule has 0 aromatic carbocycles. The van der Waals surface area contributed by atoms with Gasteiger partial charge in [-0.25, -0.2) is 0 Å². The van der Waals surface area contributed by atoms with Crippen LogP contribution in [0, 0.1) is 0 Å². The van der Waals surface area contributed by atoms with Crippen LogP contribution in [0.15, 0.2) is 25.3 Å². The number of hydrogen-bond acceptors (Lipinski definition) is 0. The van der Waals surface area contributed by atoms with Crippen LogP contribution in [-0.2, 0) is 0 Å². The number of quaternary nitrogens is 1. The van der Waals surface area contributed by atoms with Crippen molar-refractivity contribution in [3.05, 3.63) is 25.3 Å². The summed E-state index contributed by atoms with van der Waals surface area (Å²) in [5.41, 5.74) is 0. The molecule has 0 bridgehead atoms. The Morgan fingerprint density at radius 3 is 1.68 bits per heavy atom. The Bertz CT molecular complexity index is 225. The van der Waals surface area contributed by atoms with Gasteiger partial charge in [0.1, 0.15) is 0 Å². The molecule has 0 aromatic rings. The molecule has 0 heterocycles. The summed E-state index contributed by atoms with van der Waals surface area (Å²) in [6.45, 7) is 13.3. The highest BCUT2D eigenvalue weighted by atomic mass is 19.5. The smallest absolute Gasteiger partial charge is 0.418 e. The van der Waals surface area contributed by atoms with Crippen molar-refractivity contribution in [3.8, 4) is 0 Å². The summed E-state index contributed by atoms with van der Waals surface area (Å²) in [5, 5.41) is 0. The van der Waals surface area contributed by atoms with Crippen molar-refractivity contribution < 1.29 is 21.7 Å². The van der Waals surface area contributed by atoms with Crippen LogP contribution in [0.25, 0.3) is 0 Å². The molecule has 0 aliphatic rings. The fourth-order valence-corrected chi connectivity index (χ4v) is 1.80. The summed E-state index contributed by atoms with van der Waals surface area (Å²) in [5.74, 6) is 0. The maximum absolute atomic E-state index is 9.75. The van der Waals surface area contributed by atoms with Crippen molar-refractivity contribution in [1.29, 1.82) is 0 Å². The van der Waals surface area contributed by atoms with Crippen LogP contribution >= 0.6 is 0 Å². The topological polar surface area (TPSA) is 0 Å². The van der Waals surface area contributed by atoms with Crippen LogP contribution in [0.3, 0.4) is 0 Å². The molecule has 0 N–H and O–H groups in total. The minimum Gasteiger partial charge on any atom is -0.418 e. The predicted octanol–water partition coefficient (Wildman–Crippen LogP) is 4.69. The molecule has 0 aromatic heterocycles. The fourth-order valence-electron chi connectivity index (χ4n) is 1.80. The first-order chi connectivity index (χ1) is 8.68. The highest BCUT2D eigenvalue weighted by Crippen LogP contribution is 2.08. The van der Waals surface area contributed by atoms with E-state index < -0.39 is 7.25 Å². The summed E-state index contributed by atoms with van der Waals surface area (Å²) in [6, 6.07) is 0. The third-order valence-corrected chi connectivity index (χ3v) is 2.69. The highest BCUT2D eigenvalue weighted by Gasteiger charge is 2.20. The van der Waals surface area contributed by atoms with Gasteiger partial charge in [-0.15, -0.1) is 0 Å². The number of rotatable bonds is 9. The minimum atomic E-state index is -6.00. The fraction of sp³-hybridized carbons (Fsp3) is 0.692. The van der Waals surface area contributed by atoms with Crippen molar-refractivity contribution in [2.45, 2.75) is 32.6 Å². The lowest BCUT2D eigenvalue weighted by atomic mass is 10.2. The molecule has 0 amide bonds. The second-order valence-corrected chi connectivity index (χ2v) is 4.84. The Balaban J connectivity index is 0. The summed E-state index contributed by atoms with van der Waals surface area (Å²) in [6.07, 6.45) is 9.39. The van der Waals surface area contributed by atoms with E-state index >= 15 is 0 Å². The van der Waals surface area contributed by atoms with Gasteiger partial charge in [-0.3, -0.25) is 0 Å². The zero-order valence-corrected chi connectivity index (χ0v) is 12.1.